The fourth-order valence-corrected chi connectivity index (χ4v) is 4.10. The van der Waals surface area contributed by atoms with E-state index in [2.05, 4.69) is 10.5 Å². The Labute approximate surface area is 160 Å². The third kappa shape index (κ3) is 3.53. The smallest absolute Gasteiger partial charge is 0.238 e. The van der Waals surface area contributed by atoms with Crippen LogP contribution in [0.25, 0.3) is 10.6 Å². The Morgan fingerprint density at radius 2 is 2.00 bits per heavy atom. The average molecular weight is 403 g/mol. The number of carbonyl (C=O) groups excluding carboxylic acids is 1. The van der Waals surface area contributed by atoms with Crippen LogP contribution in [0.3, 0.4) is 0 Å². The normalized spacial score (nSPS) is 15.4. The monoisotopic (exact) mass is 403 g/mol. The molecule has 0 bridgehead atoms. The van der Waals surface area contributed by atoms with E-state index in [0.29, 0.717) is 18.0 Å². The number of benzene rings is 1. The zero-order valence-corrected chi connectivity index (χ0v) is 15.8. The lowest BCUT2D eigenvalue weighted by Crippen LogP contribution is -2.34. The van der Waals surface area contributed by atoms with Crippen LogP contribution in [-0.2, 0) is 26.8 Å². The van der Waals surface area contributed by atoms with Gasteiger partial charge in [-0.3, -0.25) is 4.79 Å². The molecule has 1 amide bonds. The SMILES string of the molecule is NS(=O)(=O)c1ccc(CNC(=O)C2(c3cc(-c4cccs4)on3)CC2)cc1. The molecule has 1 aromatic carbocycles. The van der Waals surface area contributed by atoms with Crippen molar-refractivity contribution in [3.8, 4) is 10.6 Å². The summed E-state index contributed by atoms with van der Waals surface area (Å²) in [6, 6.07) is 11.8. The Balaban J connectivity index is 1.44. The molecule has 4 rings (SSSR count). The first kappa shape index (κ1) is 17.9. The average Bonchev–Trinajstić information content (AvgIpc) is 3.07. The molecular formula is C18H17N3O4S2. The number of thiophene rings is 1. The highest BCUT2D eigenvalue weighted by atomic mass is 32.2. The number of rotatable bonds is 6. The minimum absolute atomic E-state index is 0.0416. The highest BCUT2D eigenvalue weighted by molar-refractivity contribution is 7.89. The fourth-order valence-electron chi connectivity index (χ4n) is 2.91. The summed E-state index contributed by atoms with van der Waals surface area (Å²) in [5, 5.41) is 14.1. The molecule has 0 spiro atoms. The molecule has 0 unspecified atom stereocenters. The second-order valence-corrected chi connectivity index (χ2v) is 9.02. The van der Waals surface area contributed by atoms with Gasteiger partial charge in [-0.2, -0.15) is 0 Å². The van der Waals surface area contributed by atoms with Crippen LogP contribution < -0.4 is 10.5 Å². The van der Waals surface area contributed by atoms with Crippen molar-refractivity contribution in [2.75, 3.05) is 0 Å². The number of sulfonamides is 1. The molecule has 2 heterocycles. The predicted octanol–water partition coefficient (Wildman–Crippen LogP) is 2.40. The molecule has 7 nitrogen and oxygen atoms in total. The molecule has 1 saturated carbocycles. The summed E-state index contributed by atoms with van der Waals surface area (Å²) in [4.78, 5) is 13.7. The molecule has 1 fully saturated rings. The van der Waals surface area contributed by atoms with Crippen molar-refractivity contribution in [2.24, 2.45) is 5.14 Å². The van der Waals surface area contributed by atoms with Gasteiger partial charge >= 0.3 is 0 Å². The Morgan fingerprint density at radius 1 is 1.26 bits per heavy atom. The van der Waals surface area contributed by atoms with Gasteiger partial charge < -0.3 is 9.84 Å². The summed E-state index contributed by atoms with van der Waals surface area (Å²) in [5.41, 5.74) is 0.790. The Kier molecular flexibility index (Phi) is 4.37. The topological polar surface area (TPSA) is 115 Å². The van der Waals surface area contributed by atoms with Gasteiger partial charge in [0.2, 0.25) is 15.9 Å². The zero-order valence-electron chi connectivity index (χ0n) is 14.2. The molecule has 140 valence electrons. The molecular weight excluding hydrogens is 386 g/mol. The van der Waals surface area contributed by atoms with E-state index in [1.807, 2.05) is 23.6 Å². The van der Waals surface area contributed by atoms with Crippen molar-refractivity contribution >= 4 is 27.3 Å². The lowest BCUT2D eigenvalue weighted by atomic mass is 10.0. The van der Waals surface area contributed by atoms with Crippen molar-refractivity contribution in [1.82, 2.24) is 10.5 Å². The molecule has 3 N–H and O–H groups in total. The van der Waals surface area contributed by atoms with E-state index in [9.17, 15) is 13.2 Å². The maximum atomic E-state index is 12.7. The maximum absolute atomic E-state index is 12.7. The van der Waals surface area contributed by atoms with Crippen molar-refractivity contribution in [3.63, 3.8) is 0 Å². The largest absolute Gasteiger partial charge is 0.355 e. The van der Waals surface area contributed by atoms with Crippen LogP contribution in [0.1, 0.15) is 24.1 Å². The van der Waals surface area contributed by atoms with Gasteiger partial charge in [0.25, 0.3) is 0 Å². The Bertz CT molecular complexity index is 1070. The van der Waals surface area contributed by atoms with E-state index in [0.717, 1.165) is 23.3 Å². The van der Waals surface area contributed by atoms with Crippen molar-refractivity contribution in [2.45, 2.75) is 29.7 Å². The van der Waals surface area contributed by atoms with E-state index < -0.39 is 15.4 Å². The lowest BCUT2D eigenvalue weighted by molar-refractivity contribution is -0.123. The summed E-state index contributed by atoms with van der Waals surface area (Å²) < 4.78 is 28.0. The third-order valence-electron chi connectivity index (χ3n) is 4.65. The molecule has 0 saturated heterocycles. The third-order valence-corrected chi connectivity index (χ3v) is 6.47. The quantitative estimate of drug-likeness (QED) is 0.656. The summed E-state index contributed by atoms with van der Waals surface area (Å²) in [5.74, 6) is 0.557. The first-order chi connectivity index (χ1) is 12.9. The Morgan fingerprint density at radius 3 is 2.59 bits per heavy atom. The summed E-state index contributed by atoms with van der Waals surface area (Å²) >= 11 is 1.55. The van der Waals surface area contributed by atoms with Gasteiger partial charge in [0.05, 0.1) is 20.9 Å². The van der Waals surface area contributed by atoms with E-state index >= 15 is 0 Å². The van der Waals surface area contributed by atoms with Crippen LogP contribution in [-0.4, -0.2) is 19.5 Å². The predicted molar refractivity (Wildman–Crippen MR) is 100 cm³/mol. The number of carbonyl (C=O) groups is 1. The molecule has 1 aliphatic carbocycles. The van der Waals surface area contributed by atoms with E-state index in [-0.39, 0.29) is 10.8 Å². The second kappa shape index (κ2) is 6.59. The number of nitrogens with one attached hydrogen (secondary N) is 1. The van der Waals surface area contributed by atoms with Crippen LogP contribution in [0.4, 0.5) is 0 Å². The van der Waals surface area contributed by atoms with E-state index in [4.69, 9.17) is 9.66 Å². The number of amides is 1. The van der Waals surface area contributed by atoms with Gasteiger partial charge in [-0.25, -0.2) is 13.6 Å². The molecule has 3 aromatic rings. The number of hydrogen-bond acceptors (Lipinski definition) is 6. The minimum atomic E-state index is -3.72. The number of nitrogens with two attached hydrogens (primary N) is 1. The minimum Gasteiger partial charge on any atom is -0.355 e. The number of aromatic nitrogens is 1. The van der Waals surface area contributed by atoms with Gasteiger partial charge in [-0.1, -0.05) is 23.4 Å². The first-order valence-electron chi connectivity index (χ1n) is 8.30. The highest BCUT2D eigenvalue weighted by Crippen LogP contribution is 2.48. The van der Waals surface area contributed by atoms with Crippen LogP contribution in [0.5, 0.6) is 0 Å². The van der Waals surface area contributed by atoms with Crippen molar-refractivity contribution in [3.05, 3.63) is 59.1 Å². The van der Waals surface area contributed by atoms with Gasteiger partial charge in [0.1, 0.15) is 0 Å². The second-order valence-electron chi connectivity index (χ2n) is 6.51. The molecule has 0 radical (unpaired) electrons. The first-order valence-corrected chi connectivity index (χ1v) is 10.7. The number of nitrogens with zero attached hydrogens (tertiary/aromatic N) is 1. The summed E-state index contributed by atoms with van der Waals surface area (Å²) in [6.45, 7) is 0.293. The number of primary sulfonamides is 1. The van der Waals surface area contributed by atoms with Crippen LogP contribution >= 0.6 is 11.3 Å². The zero-order chi connectivity index (χ0) is 19.1. The number of hydrogen-bond donors (Lipinski definition) is 2. The van der Waals surface area contributed by atoms with Gasteiger partial charge in [0, 0.05) is 12.6 Å². The standard InChI is InChI=1S/C18H17N3O4S2/c19-27(23,24)13-5-3-12(4-6-13)11-20-17(22)18(7-8-18)16-10-14(25-21-16)15-2-1-9-26-15/h1-6,9-10H,7-8,11H2,(H,20,22)(H2,19,23,24). The highest BCUT2D eigenvalue weighted by Gasteiger charge is 2.53. The fraction of sp³-hybridized carbons (Fsp3) is 0.222. The molecule has 0 aliphatic heterocycles. The lowest BCUT2D eigenvalue weighted by Gasteiger charge is -2.12. The van der Waals surface area contributed by atoms with Gasteiger partial charge in [-0.15, -0.1) is 11.3 Å². The van der Waals surface area contributed by atoms with Gasteiger partial charge in [0.15, 0.2) is 5.76 Å². The van der Waals surface area contributed by atoms with E-state index in [1.165, 1.54) is 12.1 Å². The summed E-state index contributed by atoms with van der Waals surface area (Å²) in [7, 11) is -3.72. The Hall–Kier alpha value is -2.49. The molecule has 0 atom stereocenters. The van der Waals surface area contributed by atoms with Crippen molar-refractivity contribution < 1.29 is 17.7 Å². The van der Waals surface area contributed by atoms with Gasteiger partial charge in [-0.05, 0) is 42.0 Å². The molecule has 2 aromatic heterocycles. The molecule has 1 aliphatic rings. The van der Waals surface area contributed by atoms with Crippen molar-refractivity contribution in [1.29, 1.82) is 0 Å². The summed E-state index contributed by atoms with van der Waals surface area (Å²) in [6.07, 6.45) is 1.44. The van der Waals surface area contributed by atoms with Crippen LogP contribution in [0.15, 0.2) is 57.3 Å². The van der Waals surface area contributed by atoms with Crippen LogP contribution in [0.2, 0.25) is 0 Å². The maximum Gasteiger partial charge on any atom is 0.238 e. The van der Waals surface area contributed by atoms with E-state index in [1.54, 1.807) is 23.5 Å². The van der Waals surface area contributed by atoms with Crippen LogP contribution in [0, 0.1) is 0 Å². The molecule has 27 heavy (non-hydrogen) atoms. The molecule has 9 heteroatoms.